The van der Waals surface area contributed by atoms with Gasteiger partial charge in [-0.3, -0.25) is 0 Å². The smallest absolute Gasteiger partial charge is 0.158 e. The molecule has 0 spiro atoms. The zero-order valence-electron chi connectivity index (χ0n) is 12.2. The molecule has 0 aromatic rings. The predicted octanol–water partition coefficient (Wildman–Crippen LogP) is 1.83. The number of ether oxygens (including phenoxy) is 2. The van der Waals surface area contributed by atoms with Gasteiger partial charge in [0.1, 0.15) is 0 Å². The van der Waals surface area contributed by atoms with Crippen LogP contribution in [0, 0.1) is 5.92 Å². The van der Waals surface area contributed by atoms with E-state index < -0.39 is 0 Å². The summed E-state index contributed by atoms with van der Waals surface area (Å²) in [5.41, 5.74) is 5.84. The fourth-order valence-corrected chi connectivity index (χ4v) is 2.93. The minimum Gasteiger partial charge on any atom is -0.353 e. The second kappa shape index (κ2) is 8.86. The molecular weight excluding hydrogens is 228 g/mol. The standard InChI is InChI=1S/C14H30N2O2/c1-4-17-14(18-5-2)9-10-16(3)13-8-6-7-12(13)11-15/h12-14H,4-11,15H2,1-3H3. The maximum atomic E-state index is 5.84. The lowest BCUT2D eigenvalue weighted by Gasteiger charge is -2.30. The van der Waals surface area contributed by atoms with E-state index in [1.807, 2.05) is 13.8 Å². The molecular formula is C14H30N2O2. The Kier molecular flexibility index (Phi) is 7.82. The molecule has 0 aliphatic heterocycles. The van der Waals surface area contributed by atoms with Crippen molar-refractivity contribution >= 4 is 0 Å². The highest BCUT2D eigenvalue weighted by Gasteiger charge is 2.29. The molecule has 108 valence electrons. The third-order valence-corrected chi connectivity index (χ3v) is 3.91. The molecule has 0 aromatic carbocycles. The quantitative estimate of drug-likeness (QED) is 0.641. The van der Waals surface area contributed by atoms with E-state index in [2.05, 4.69) is 11.9 Å². The Morgan fingerprint density at radius 3 is 2.44 bits per heavy atom. The number of nitrogens with zero attached hydrogens (tertiary/aromatic N) is 1. The van der Waals surface area contributed by atoms with Crippen LogP contribution in [0.3, 0.4) is 0 Å². The van der Waals surface area contributed by atoms with E-state index in [0.717, 1.165) is 19.5 Å². The zero-order chi connectivity index (χ0) is 13.4. The van der Waals surface area contributed by atoms with Crippen LogP contribution < -0.4 is 5.73 Å². The van der Waals surface area contributed by atoms with E-state index in [-0.39, 0.29) is 6.29 Å². The monoisotopic (exact) mass is 258 g/mol. The maximum Gasteiger partial charge on any atom is 0.158 e. The summed E-state index contributed by atoms with van der Waals surface area (Å²) in [6, 6.07) is 0.652. The normalized spacial score (nSPS) is 24.3. The summed E-state index contributed by atoms with van der Waals surface area (Å²) in [6.07, 6.45) is 4.77. The summed E-state index contributed by atoms with van der Waals surface area (Å²) in [5.74, 6) is 0.674. The van der Waals surface area contributed by atoms with Gasteiger partial charge in [0.15, 0.2) is 6.29 Å². The molecule has 1 rings (SSSR count). The van der Waals surface area contributed by atoms with Gasteiger partial charge in [-0.1, -0.05) is 6.42 Å². The molecule has 1 aliphatic rings. The maximum absolute atomic E-state index is 5.84. The number of hydrogen-bond acceptors (Lipinski definition) is 4. The molecule has 0 radical (unpaired) electrons. The highest BCUT2D eigenvalue weighted by molar-refractivity contribution is 4.84. The van der Waals surface area contributed by atoms with Crippen LogP contribution in [-0.4, -0.2) is 50.6 Å². The summed E-state index contributed by atoms with van der Waals surface area (Å²) in [4.78, 5) is 2.44. The van der Waals surface area contributed by atoms with Crippen LogP contribution in [0.25, 0.3) is 0 Å². The first-order valence-electron chi connectivity index (χ1n) is 7.36. The highest BCUT2D eigenvalue weighted by atomic mass is 16.7. The van der Waals surface area contributed by atoms with Gasteiger partial charge in [-0.2, -0.15) is 0 Å². The molecule has 4 heteroatoms. The van der Waals surface area contributed by atoms with Crippen molar-refractivity contribution in [3.05, 3.63) is 0 Å². The van der Waals surface area contributed by atoms with Gasteiger partial charge in [0, 0.05) is 32.2 Å². The summed E-state index contributed by atoms with van der Waals surface area (Å²) in [7, 11) is 2.20. The fraction of sp³-hybridized carbons (Fsp3) is 1.00. The first kappa shape index (κ1) is 15.9. The minimum atomic E-state index is -0.0554. The van der Waals surface area contributed by atoms with Gasteiger partial charge in [0.05, 0.1) is 0 Å². The van der Waals surface area contributed by atoms with Gasteiger partial charge < -0.3 is 20.1 Å². The Balaban J connectivity index is 2.31. The second-order valence-corrected chi connectivity index (χ2v) is 5.10. The van der Waals surface area contributed by atoms with E-state index in [4.69, 9.17) is 15.2 Å². The summed E-state index contributed by atoms with van der Waals surface area (Å²) in [5, 5.41) is 0. The molecule has 0 bridgehead atoms. The van der Waals surface area contributed by atoms with Gasteiger partial charge >= 0.3 is 0 Å². The van der Waals surface area contributed by atoms with Gasteiger partial charge in [0.25, 0.3) is 0 Å². The lowest BCUT2D eigenvalue weighted by Crippen LogP contribution is -2.39. The predicted molar refractivity (Wildman–Crippen MR) is 74.5 cm³/mol. The molecule has 0 heterocycles. The van der Waals surface area contributed by atoms with Crippen LogP contribution in [0.2, 0.25) is 0 Å². The van der Waals surface area contributed by atoms with E-state index in [9.17, 15) is 0 Å². The van der Waals surface area contributed by atoms with Crippen molar-refractivity contribution in [2.75, 3.05) is 33.4 Å². The summed E-state index contributed by atoms with van der Waals surface area (Å²) >= 11 is 0. The molecule has 2 unspecified atom stereocenters. The third-order valence-electron chi connectivity index (χ3n) is 3.91. The van der Waals surface area contributed by atoms with Gasteiger partial charge in [0.2, 0.25) is 0 Å². The first-order chi connectivity index (χ1) is 8.72. The fourth-order valence-electron chi connectivity index (χ4n) is 2.93. The minimum absolute atomic E-state index is 0.0554. The number of nitrogens with two attached hydrogens (primary N) is 1. The van der Waals surface area contributed by atoms with Crippen molar-refractivity contribution in [3.8, 4) is 0 Å². The van der Waals surface area contributed by atoms with Gasteiger partial charge in [-0.15, -0.1) is 0 Å². The third kappa shape index (κ3) is 4.84. The van der Waals surface area contributed by atoms with Crippen molar-refractivity contribution in [2.24, 2.45) is 11.7 Å². The zero-order valence-corrected chi connectivity index (χ0v) is 12.2. The Morgan fingerprint density at radius 2 is 1.89 bits per heavy atom. The lowest BCUT2D eigenvalue weighted by molar-refractivity contribution is -0.142. The van der Waals surface area contributed by atoms with Crippen LogP contribution in [0.4, 0.5) is 0 Å². The van der Waals surface area contributed by atoms with Crippen LogP contribution in [0.5, 0.6) is 0 Å². The Labute approximate surface area is 112 Å². The molecule has 4 nitrogen and oxygen atoms in total. The van der Waals surface area contributed by atoms with Crippen molar-refractivity contribution in [2.45, 2.75) is 51.9 Å². The topological polar surface area (TPSA) is 47.7 Å². The highest BCUT2D eigenvalue weighted by Crippen LogP contribution is 2.28. The first-order valence-corrected chi connectivity index (χ1v) is 7.36. The molecule has 1 fully saturated rings. The molecule has 1 saturated carbocycles. The van der Waals surface area contributed by atoms with Crippen molar-refractivity contribution in [1.82, 2.24) is 4.90 Å². The van der Waals surface area contributed by atoms with E-state index >= 15 is 0 Å². The van der Waals surface area contributed by atoms with E-state index in [0.29, 0.717) is 25.2 Å². The van der Waals surface area contributed by atoms with Crippen molar-refractivity contribution in [3.63, 3.8) is 0 Å². The molecule has 1 aliphatic carbocycles. The molecule has 2 atom stereocenters. The van der Waals surface area contributed by atoms with Crippen LogP contribution in [0.15, 0.2) is 0 Å². The molecule has 0 amide bonds. The average Bonchev–Trinajstić information content (AvgIpc) is 2.84. The summed E-state index contributed by atoms with van der Waals surface area (Å²) in [6.45, 7) is 7.28. The molecule has 2 N–H and O–H groups in total. The number of hydrogen-bond donors (Lipinski definition) is 1. The van der Waals surface area contributed by atoms with E-state index in [1.165, 1.54) is 19.3 Å². The van der Waals surface area contributed by atoms with Gasteiger partial charge in [-0.25, -0.2) is 0 Å². The second-order valence-electron chi connectivity index (χ2n) is 5.10. The van der Waals surface area contributed by atoms with Gasteiger partial charge in [-0.05, 0) is 46.2 Å². The Hall–Kier alpha value is -0.160. The van der Waals surface area contributed by atoms with Crippen LogP contribution >= 0.6 is 0 Å². The Bertz CT molecular complexity index is 208. The van der Waals surface area contributed by atoms with E-state index in [1.54, 1.807) is 0 Å². The Morgan fingerprint density at radius 1 is 1.22 bits per heavy atom. The molecule has 18 heavy (non-hydrogen) atoms. The largest absolute Gasteiger partial charge is 0.353 e. The van der Waals surface area contributed by atoms with Crippen LogP contribution in [0.1, 0.15) is 39.5 Å². The summed E-state index contributed by atoms with van der Waals surface area (Å²) < 4.78 is 11.2. The molecule has 0 aromatic heterocycles. The lowest BCUT2D eigenvalue weighted by atomic mass is 10.0. The SMILES string of the molecule is CCOC(CCN(C)C1CCCC1CN)OCC. The average molecular weight is 258 g/mol. The van der Waals surface area contributed by atoms with Crippen molar-refractivity contribution in [1.29, 1.82) is 0 Å². The van der Waals surface area contributed by atoms with Crippen molar-refractivity contribution < 1.29 is 9.47 Å². The number of rotatable bonds is 9. The van der Waals surface area contributed by atoms with Crippen LogP contribution in [-0.2, 0) is 9.47 Å². The molecule has 0 saturated heterocycles.